The molecule has 1 N–H and O–H groups in total. The molecule has 0 bridgehead atoms. The zero-order valence-corrected chi connectivity index (χ0v) is 14.0. The molecule has 5 heteroatoms. The van der Waals surface area contributed by atoms with E-state index in [9.17, 15) is 4.39 Å². The van der Waals surface area contributed by atoms with E-state index >= 15 is 0 Å². The molecule has 3 nitrogen and oxygen atoms in total. The second kappa shape index (κ2) is 7.71. The summed E-state index contributed by atoms with van der Waals surface area (Å²) < 4.78 is 16.2. The minimum Gasteiger partial charge on any atom is -0.310 e. The summed E-state index contributed by atoms with van der Waals surface area (Å²) in [5, 5.41) is 7.69. The Morgan fingerprint density at radius 3 is 2.81 bits per heavy atom. The molecule has 0 aliphatic carbocycles. The van der Waals surface area contributed by atoms with Crippen LogP contribution in [0, 0.1) is 5.82 Å². The standard InChI is InChI=1S/C16H21BrFN3/c1-3-6-19-16(5-4-12-10-20-21(2)11-12)13-7-14(17)9-15(18)8-13/h7-11,16,19H,3-6H2,1-2H3. The number of rotatable bonds is 7. The zero-order valence-electron chi connectivity index (χ0n) is 12.4. The zero-order chi connectivity index (χ0) is 15.2. The van der Waals surface area contributed by atoms with E-state index in [0.29, 0.717) is 0 Å². The predicted octanol–water partition coefficient (Wildman–Crippen LogP) is 4.00. The highest BCUT2D eigenvalue weighted by atomic mass is 79.9. The molecule has 1 aromatic carbocycles. The summed E-state index contributed by atoms with van der Waals surface area (Å²) >= 11 is 3.37. The molecule has 1 heterocycles. The van der Waals surface area contributed by atoms with E-state index in [1.807, 2.05) is 30.2 Å². The maximum atomic E-state index is 13.6. The average Bonchev–Trinajstić information content (AvgIpc) is 2.83. The van der Waals surface area contributed by atoms with Crippen molar-refractivity contribution in [3.05, 3.63) is 52.0 Å². The van der Waals surface area contributed by atoms with Gasteiger partial charge in [0.15, 0.2) is 0 Å². The molecule has 1 unspecified atom stereocenters. The van der Waals surface area contributed by atoms with Gasteiger partial charge in [-0.2, -0.15) is 5.10 Å². The van der Waals surface area contributed by atoms with Gasteiger partial charge in [-0.25, -0.2) is 4.39 Å². The van der Waals surface area contributed by atoms with Gasteiger partial charge < -0.3 is 5.32 Å². The third-order valence-electron chi connectivity index (χ3n) is 3.41. The lowest BCUT2D eigenvalue weighted by molar-refractivity contribution is 0.495. The van der Waals surface area contributed by atoms with Crippen molar-refractivity contribution in [2.24, 2.45) is 7.05 Å². The Labute approximate surface area is 133 Å². The molecule has 0 fully saturated rings. The molecule has 0 radical (unpaired) electrons. The van der Waals surface area contributed by atoms with Gasteiger partial charge in [-0.15, -0.1) is 0 Å². The number of aryl methyl sites for hydroxylation is 2. The van der Waals surface area contributed by atoms with Crippen molar-refractivity contribution >= 4 is 15.9 Å². The van der Waals surface area contributed by atoms with Crippen LogP contribution in [-0.2, 0) is 13.5 Å². The Kier molecular flexibility index (Phi) is 5.94. The van der Waals surface area contributed by atoms with E-state index < -0.39 is 0 Å². The van der Waals surface area contributed by atoms with Crippen molar-refractivity contribution < 1.29 is 4.39 Å². The fourth-order valence-corrected chi connectivity index (χ4v) is 2.88. The Bertz CT molecular complexity index is 562. The van der Waals surface area contributed by atoms with Crippen molar-refractivity contribution in [3.8, 4) is 0 Å². The Morgan fingerprint density at radius 1 is 1.38 bits per heavy atom. The summed E-state index contributed by atoms with van der Waals surface area (Å²) in [7, 11) is 1.92. The summed E-state index contributed by atoms with van der Waals surface area (Å²) in [6.45, 7) is 3.05. The molecule has 0 saturated carbocycles. The van der Waals surface area contributed by atoms with Crippen LogP contribution in [0.5, 0.6) is 0 Å². The molecule has 1 atom stereocenters. The van der Waals surface area contributed by atoms with Crippen molar-refractivity contribution in [1.82, 2.24) is 15.1 Å². The average molecular weight is 354 g/mol. The van der Waals surface area contributed by atoms with Crippen LogP contribution in [0.2, 0.25) is 0 Å². The number of hydrogen-bond donors (Lipinski definition) is 1. The van der Waals surface area contributed by atoms with Gasteiger partial charge in [-0.1, -0.05) is 22.9 Å². The summed E-state index contributed by atoms with van der Waals surface area (Å²) in [5.74, 6) is -0.205. The number of benzene rings is 1. The molecule has 0 amide bonds. The van der Waals surface area contributed by atoms with Crippen LogP contribution in [-0.4, -0.2) is 16.3 Å². The van der Waals surface area contributed by atoms with E-state index in [2.05, 4.69) is 33.3 Å². The van der Waals surface area contributed by atoms with Gasteiger partial charge in [0.1, 0.15) is 5.82 Å². The van der Waals surface area contributed by atoms with Crippen molar-refractivity contribution in [3.63, 3.8) is 0 Å². The van der Waals surface area contributed by atoms with Gasteiger partial charge >= 0.3 is 0 Å². The van der Waals surface area contributed by atoms with E-state index in [0.717, 1.165) is 35.8 Å². The number of aromatic nitrogens is 2. The maximum absolute atomic E-state index is 13.6. The minimum atomic E-state index is -0.205. The molecular formula is C16H21BrFN3. The molecule has 0 aliphatic heterocycles. The third kappa shape index (κ3) is 4.93. The van der Waals surface area contributed by atoms with Crippen LogP contribution in [0.15, 0.2) is 35.1 Å². The van der Waals surface area contributed by atoms with Gasteiger partial charge in [0.2, 0.25) is 0 Å². The predicted molar refractivity (Wildman–Crippen MR) is 86.7 cm³/mol. The Balaban J connectivity index is 2.09. The SMILES string of the molecule is CCCNC(CCc1cnn(C)c1)c1cc(F)cc(Br)c1. The van der Waals surface area contributed by atoms with Crippen molar-refractivity contribution in [2.75, 3.05) is 6.54 Å². The second-order valence-corrected chi connectivity index (χ2v) is 6.19. The van der Waals surface area contributed by atoms with E-state index in [1.54, 1.807) is 6.07 Å². The van der Waals surface area contributed by atoms with Crippen molar-refractivity contribution in [1.29, 1.82) is 0 Å². The first-order valence-corrected chi connectivity index (χ1v) is 8.04. The molecular weight excluding hydrogens is 333 g/mol. The summed E-state index contributed by atoms with van der Waals surface area (Å²) in [6.07, 6.45) is 6.81. The van der Waals surface area contributed by atoms with Crippen LogP contribution in [0.3, 0.4) is 0 Å². The fourth-order valence-electron chi connectivity index (χ4n) is 2.39. The first kappa shape index (κ1) is 16.2. The topological polar surface area (TPSA) is 29.9 Å². The van der Waals surface area contributed by atoms with Gasteiger partial charge in [0, 0.05) is 23.8 Å². The summed E-state index contributed by atoms with van der Waals surface area (Å²) in [5.41, 5.74) is 2.19. The lowest BCUT2D eigenvalue weighted by Gasteiger charge is -2.19. The molecule has 114 valence electrons. The van der Waals surface area contributed by atoms with Gasteiger partial charge in [0.25, 0.3) is 0 Å². The molecule has 0 spiro atoms. The number of nitrogens with zero attached hydrogens (tertiary/aromatic N) is 2. The Morgan fingerprint density at radius 2 is 2.19 bits per heavy atom. The highest BCUT2D eigenvalue weighted by Gasteiger charge is 2.13. The first-order valence-electron chi connectivity index (χ1n) is 7.25. The minimum absolute atomic E-state index is 0.150. The molecule has 0 saturated heterocycles. The maximum Gasteiger partial charge on any atom is 0.124 e. The number of nitrogens with one attached hydrogen (secondary N) is 1. The lowest BCUT2D eigenvalue weighted by atomic mass is 10.00. The number of hydrogen-bond acceptors (Lipinski definition) is 2. The molecule has 21 heavy (non-hydrogen) atoms. The van der Waals surface area contributed by atoms with Gasteiger partial charge in [-0.05, 0) is 55.1 Å². The van der Waals surface area contributed by atoms with Crippen LogP contribution in [0.4, 0.5) is 4.39 Å². The van der Waals surface area contributed by atoms with Crippen LogP contribution >= 0.6 is 15.9 Å². The highest BCUT2D eigenvalue weighted by Crippen LogP contribution is 2.24. The largest absolute Gasteiger partial charge is 0.310 e. The quantitative estimate of drug-likeness (QED) is 0.815. The van der Waals surface area contributed by atoms with Crippen LogP contribution < -0.4 is 5.32 Å². The van der Waals surface area contributed by atoms with Crippen molar-refractivity contribution in [2.45, 2.75) is 32.2 Å². The third-order valence-corrected chi connectivity index (χ3v) is 3.87. The molecule has 2 rings (SSSR count). The fraction of sp³-hybridized carbons (Fsp3) is 0.438. The monoisotopic (exact) mass is 353 g/mol. The lowest BCUT2D eigenvalue weighted by Crippen LogP contribution is -2.23. The van der Waals surface area contributed by atoms with Gasteiger partial charge in [-0.3, -0.25) is 4.68 Å². The smallest absolute Gasteiger partial charge is 0.124 e. The molecule has 1 aromatic heterocycles. The Hall–Kier alpha value is -1.20. The molecule has 0 aliphatic rings. The second-order valence-electron chi connectivity index (χ2n) is 5.27. The first-order chi connectivity index (χ1) is 10.1. The van der Waals surface area contributed by atoms with E-state index in [4.69, 9.17) is 0 Å². The summed E-state index contributed by atoms with van der Waals surface area (Å²) in [4.78, 5) is 0. The summed E-state index contributed by atoms with van der Waals surface area (Å²) in [6, 6.07) is 5.24. The number of halogens is 2. The van der Waals surface area contributed by atoms with Crippen LogP contribution in [0.25, 0.3) is 0 Å². The van der Waals surface area contributed by atoms with E-state index in [1.165, 1.54) is 11.6 Å². The van der Waals surface area contributed by atoms with E-state index in [-0.39, 0.29) is 11.9 Å². The van der Waals surface area contributed by atoms with Gasteiger partial charge in [0.05, 0.1) is 6.20 Å². The van der Waals surface area contributed by atoms with Crippen LogP contribution in [0.1, 0.15) is 36.9 Å². The molecule has 2 aromatic rings. The normalized spacial score (nSPS) is 12.6. The highest BCUT2D eigenvalue weighted by molar-refractivity contribution is 9.10.